The van der Waals surface area contributed by atoms with Gasteiger partial charge >= 0.3 is 0 Å². The molecule has 50 valence electrons. The fraction of sp³-hybridized carbons (Fsp3) is 0.833. The van der Waals surface area contributed by atoms with Gasteiger partial charge in [0, 0.05) is 13.2 Å². The first-order valence-electron chi connectivity index (χ1n) is 2.95. The van der Waals surface area contributed by atoms with Gasteiger partial charge in [-0.1, -0.05) is 22.6 Å². The monoisotopic (exact) mass is 237 g/mol. The second kappa shape index (κ2) is 2.84. The second-order valence-electron chi connectivity index (χ2n) is 2.19. The third-order valence-corrected chi connectivity index (χ3v) is 2.81. The van der Waals surface area contributed by atoms with Crippen LogP contribution in [-0.4, -0.2) is 16.6 Å². The Kier molecular flexibility index (Phi) is 2.30. The van der Waals surface area contributed by atoms with Crippen LogP contribution in [0.3, 0.4) is 0 Å². The van der Waals surface area contributed by atoms with Crippen LogP contribution in [0.15, 0.2) is 0 Å². The quantitative estimate of drug-likeness (QED) is 0.472. The molecule has 1 saturated heterocycles. The molecule has 9 heavy (non-hydrogen) atoms. The zero-order valence-corrected chi connectivity index (χ0v) is 7.22. The largest absolute Gasteiger partial charge is 0.381 e. The van der Waals surface area contributed by atoms with Crippen molar-refractivity contribution in [3.8, 4) is 6.07 Å². The predicted octanol–water partition coefficient (Wildman–Crippen LogP) is 1.49. The molecule has 1 heterocycles. The number of hydrogen-bond acceptors (Lipinski definition) is 2. The third kappa shape index (κ3) is 1.80. The summed E-state index contributed by atoms with van der Waals surface area (Å²) < 4.78 is 4.98. The molecule has 0 atom stereocenters. The maximum Gasteiger partial charge on any atom is 0.113 e. The van der Waals surface area contributed by atoms with Gasteiger partial charge in [0.15, 0.2) is 0 Å². The minimum absolute atomic E-state index is 0.129. The van der Waals surface area contributed by atoms with Crippen LogP contribution in [0.25, 0.3) is 0 Å². The minimum Gasteiger partial charge on any atom is -0.381 e. The van der Waals surface area contributed by atoms with Crippen molar-refractivity contribution in [1.29, 1.82) is 5.26 Å². The molecular formula is C6H8INO. The molecule has 0 aromatic carbocycles. The lowest BCUT2D eigenvalue weighted by atomic mass is 10.0. The van der Waals surface area contributed by atoms with Crippen molar-refractivity contribution in [2.75, 3.05) is 13.2 Å². The Morgan fingerprint density at radius 1 is 1.44 bits per heavy atom. The highest BCUT2D eigenvalue weighted by molar-refractivity contribution is 14.1. The van der Waals surface area contributed by atoms with Gasteiger partial charge in [-0.25, -0.2) is 0 Å². The van der Waals surface area contributed by atoms with E-state index in [1.807, 2.05) is 0 Å². The van der Waals surface area contributed by atoms with Gasteiger partial charge in [-0.3, -0.25) is 0 Å². The number of halogens is 1. The maximum absolute atomic E-state index is 8.64. The van der Waals surface area contributed by atoms with E-state index in [9.17, 15) is 0 Å². The molecule has 2 nitrogen and oxygen atoms in total. The van der Waals surface area contributed by atoms with Crippen molar-refractivity contribution in [3.63, 3.8) is 0 Å². The van der Waals surface area contributed by atoms with Gasteiger partial charge < -0.3 is 4.74 Å². The molecule has 0 amide bonds. The first-order valence-corrected chi connectivity index (χ1v) is 4.03. The Hall–Kier alpha value is 0.180. The van der Waals surface area contributed by atoms with Crippen LogP contribution in [0.4, 0.5) is 0 Å². The lowest BCUT2D eigenvalue weighted by Gasteiger charge is -2.23. The van der Waals surface area contributed by atoms with Gasteiger partial charge in [-0.15, -0.1) is 0 Å². The SMILES string of the molecule is N#CC1(I)CCOCC1. The Morgan fingerprint density at radius 2 is 2.00 bits per heavy atom. The molecule has 1 aliphatic heterocycles. The summed E-state index contributed by atoms with van der Waals surface area (Å²) in [6, 6.07) is 2.29. The molecule has 0 bridgehead atoms. The molecule has 0 saturated carbocycles. The topological polar surface area (TPSA) is 33.0 Å². The fourth-order valence-electron chi connectivity index (χ4n) is 0.807. The molecule has 3 heteroatoms. The molecule has 1 fully saturated rings. The third-order valence-electron chi connectivity index (χ3n) is 1.49. The van der Waals surface area contributed by atoms with Crippen LogP contribution in [0, 0.1) is 11.3 Å². The van der Waals surface area contributed by atoms with E-state index < -0.39 is 0 Å². The molecule has 1 rings (SSSR count). The number of nitrogens with zero attached hydrogens (tertiary/aromatic N) is 1. The van der Waals surface area contributed by atoms with E-state index in [-0.39, 0.29) is 3.42 Å². The van der Waals surface area contributed by atoms with E-state index in [0.717, 1.165) is 26.1 Å². The van der Waals surface area contributed by atoms with Crippen molar-refractivity contribution in [1.82, 2.24) is 0 Å². The van der Waals surface area contributed by atoms with Gasteiger partial charge in [0.1, 0.15) is 3.42 Å². The predicted molar refractivity (Wildman–Crippen MR) is 42.4 cm³/mol. The molecule has 0 aromatic heterocycles. The zero-order valence-electron chi connectivity index (χ0n) is 5.06. The van der Waals surface area contributed by atoms with E-state index in [2.05, 4.69) is 28.7 Å². The summed E-state index contributed by atoms with van der Waals surface area (Å²) in [5.74, 6) is 0. The molecule has 0 spiro atoms. The van der Waals surface area contributed by atoms with Crippen molar-refractivity contribution >= 4 is 22.6 Å². The second-order valence-corrected chi connectivity index (χ2v) is 4.25. The number of rotatable bonds is 0. The summed E-state index contributed by atoms with van der Waals surface area (Å²) in [4.78, 5) is 0. The summed E-state index contributed by atoms with van der Waals surface area (Å²) >= 11 is 2.21. The molecular weight excluding hydrogens is 229 g/mol. The Bertz CT molecular complexity index is 134. The smallest absolute Gasteiger partial charge is 0.113 e. The van der Waals surface area contributed by atoms with E-state index in [1.54, 1.807) is 0 Å². The summed E-state index contributed by atoms with van der Waals surface area (Å²) in [7, 11) is 0. The van der Waals surface area contributed by atoms with Crippen LogP contribution in [0.5, 0.6) is 0 Å². The molecule has 0 aliphatic carbocycles. The summed E-state index contributed by atoms with van der Waals surface area (Å²) in [6.07, 6.45) is 1.76. The van der Waals surface area contributed by atoms with Gasteiger partial charge in [0.2, 0.25) is 0 Å². The highest BCUT2D eigenvalue weighted by Crippen LogP contribution is 2.29. The summed E-state index contributed by atoms with van der Waals surface area (Å²) in [5, 5.41) is 8.64. The minimum atomic E-state index is -0.129. The maximum atomic E-state index is 8.64. The average molecular weight is 237 g/mol. The van der Waals surface area contributed by atoms with Crippen LogP contribution < -0.4 is 0 Å². The Balaban J connectivity index is 2.49. The fourth-order valence-corrected chi connectivity index (χ4v) is 1.25. The highest BCUT2D eigenvalue weighted by Gasteiger charge is 2.28. The van der Waals surface area contributed by atoms with Crippen LogP contribution in [-0.2, 0) is 4.74 Å². The van der Waals surface area contributed by atoms with Crippen molar-refractivity contribution in [2.24, 2.45) is 0 Å². The Labute approximate surface area is 68.3 Å². The molecule has 0 unspecified atom stereocenters. The molecule has 0 radical (unpaired) electrons. The average Bonchev–Trinajstić information content (AvgIpc) is 1.90. The number of hydrogen-bond donors (Lipinski definition) is 0. The first kappa shape index (κ1) is 7.29. The van der Waals surface area contributed by atoms with Gasteiger partial charge in [-0.2, -0.15) is 5.26 Å². The van der Waals surface area contributed by atoms with E-state index in [4.69, 9.17) is 10.00 Å². The van der Waals surface area contributed by atoms with Crippen LogP contribution in [0.1, 0.15) is 12.8 Å². The number of alkyl halides is 1. The lowest BCUT2D eigenvalue weighted by molar-refractivity contribution is 0.0918. The van der Waals surface area contributed by atoms with Gasteiger partial charge in [0.25, 0.3) is 0 Å². The van der Waals surface area contributed by atoms with Crippen molar-refractivity contribution in [2.45, 2.75) is 16.3 Å². The highest BCUT2D eigenvalue weighted by atomic mass is 127. The van der Waals surface area contributed by atoms with E-state index >= 15 is 0 Å². The summed E-state index contributed by atoms with van der Waals surface area (Å²) in [5.41, 5.74) is 0. The normalized spacial score (nSPS) is 24.9. The molecule has 1 aliphatic rings. The lowest BCUT2D eigenvalue weighted by Crippen LogP contribution is -2.27. The zero-order chi connectivity index (χ0) is 6.74. The standard InChI is InChI=1S/C6H8INO/c7-6(5-8)1-3-9-4-2-6/h1-4H2. The molecule has 0 aromatic rings. The van der Waals surface area contributed by atoms with Crippen LogP contribution in [0.2, 0.25) is 0 Å². The molecule has 0 N–H and O–H groups in total. The van der Waals surface area contributed by atoms with Gasteiger partial charge in [0.05, 0.1) is 6.07 Å². The van der Waals surface area contributed by atoms with E-state index in [1.165, 1.54) is 0 Å². The first-order chi connectivity index (χ1) is 4.27. The van der Waals surface area contributed by atoms with Gasteiger partial charge in [-0.05, 0) is 12.8 Å². The van der Waals surface area contributed by atoms with E-state index in [0.29, 0.717) is 0 Å². The Morgan fingerprint density at radius 3 is 2.33 bits per heavy atom. The van der Waals surface area contributed by atoms with Crippen molar-refractivity contribution < 1.29 is 4.74 Å². The van der Waals surface area contributed by atoms with Crippen LogP contribution >= 0.6 is 22.6 Å². The number of nitriles is 1. The summed E-state index contributed by atoms with van der Waals surface area (Å²) in [6.45, 7) is 1.49. The van der Waals surface area contributed by atoms with Crippen molar-refractivity contribution in [3.05, 3.63) is 0 Å². The number of ether oxygens (including phenoxy) is 1.